The van der Waals surface area contributed by atoms with Crippen molar-refractivity contribution in [2.75, 3.05) is 0 Å². The maximum atomic E-state index is 12.2. The fourth-order valence-corrected chi connectivity index (χ4v) is 7.22. The summed E-state index contributed by atoms with van der Waals surface area (Å²) >= 11 is 0. The number of allylic oxidation sites excluding steroid dienone is 2. The summed E-state index contributed by atoms with van der Waals surface area (Å²) < 4.78 is 0. The fourth-order valence-electron chi connectivity index (χ4n) is 7.22. The lowest BCUT2D eigenvalue weighted by atomic mass is 9.48. The number of hydrogen-bond acceptors (Lipinski definition) is 3. The van der Waals surface area contributed by atoms with E-state index in [1.165, 1.54) is 0 Å². The Morgan fingerprint density at radius 3 is 2.58 bits per heavy atom. The maximum Gasteiger partial charge on any atom is 0.133 e. The van der Waals surface area contributed by atoms with Gasteiger partial charge in [0.15, 0.2) is 0 Å². The molecule has 0 aliphatic heterocycles. The smallest absolute Gasteiger partial charge is 0.133 e. The van der Waals surface area contributed by atoms with E-state index in [0.717, 1.165) is 44.9 Å². The average molecular weight is 332 g/mol. The van der Waals surface area contributed by atoms with E-state index >= 15 is 0 Å². The minimum atomic E-state index is -0.314. The minimum Gasteiger partial charge on any atom is -0.393 e. The SMILES string of the molecule is CC(=O)[C@H]1CC[C@H]2[C@@H]3C[C@H](O)[C@H]4C[C@@H](O)CC[C@]4(C)C3=CC[C@]12C. The molecule has 0 radical (unpaired) electrons. The summed E-state index contributed by atoms with van der Waals surface area (Å²) in [7, 11) is 0. The predicted octanol–water partition coefficient (Wildman–Crippen LogP) is 3.49. The molecular weight excluding hydrogens is 300 g/mol. The van der Waals surface area contributed by atoms with Gasteiger partial charge in [0.05, 0.1) is 12.2 Å². The molecule has 0 aromatic heterocycles. The first-order valence-corrected chi connectivity index (χ1v) is 9.84. The Hall–Kier alpha value is -0.670. The maximum absolute atomic E-state index is 12.2. The molecule has 0 unspecified atom stereocenters. The minimum absolute atomic E-state index is 0.0389. The number of carbonyl (C=O) groups is 1. The zero-order chi connectivity index (χ0) is 17.3. The van der Waals surface area contributed by atoms with Gasteiger partial charge in [0.25, 0.3) is 0 Å². The highest BCUT2D eigenvalue weighted by Crippen LogP contribution is 2.65. The van der Waals surface area contributed by atoms with Gasteiger partial charge in [0.1, 0.15) is 5.78 Å². The monoisotopic (exact) mass is 332 g/mol. The Balaban J connectivity index is 1.72. The Kier molecular flexibility index (Phi) is 3.78. The van der Waals surface area contributed by atoms with Crippen molar-refractivity contribution < 1.29 is 15.0 Å². The van der Waals surface area contributed by atoms with Crippen LogP contribution < -0.4 is 0 Å². The van der Waals surface area contributed by atoms with Crippen molar-refractivity contribution in [1.29, 1.82) is 0 Å². The van der Waals surface area contributed by atoms with Gasteiger partial charge in [-0.2, -0.15) is 0 Å². The molecule has 24 heavy (non-hydrogen) atoms. The molecule has 3 saturated carbocycles. The second kappa shape index (κ2) is 5.41. The fraction of sp³-hybridized carbons (Fsp3) is 0.857. The molecule has 0 heterocycles. The van der Waals surface area contributed by atoms with E-state index in [9.17, 15) is 15.0 Å². The van der Waals surface area contributed by atoms with Gasteiger partial charge < -0.3 is 10.2 Å². The quantitative estimate of drug-likeness (QED) is 0.723. The highest BCUT2D eigenvalue weighted by molar-refractivity contribution is 5.79. The first-order chi connectivity index (χ1) is 11.3. The number of fused-ring (bicyclic) bond motifs is 5. The lowest BCUT2D eigenvalue weighted by molar-refractivity contribution is -0.125. The number of ketones is 1. The van der Waals surface area contributed by atoms with Crippen LogP contribution in [0.5, 0.6) is 0 Å². The van der Waals surface area contributed by atoms with E-state index in [4.69, 9.17) is 0 Å². The summed E-state index contributed by atoms with van der Waals surface area (Å²) in [4.78, 5) is 12.2. The van der Waals surface area contributed by atoms with Crippen LogP contribution in [0.25, 0.3) is 0 Å². The molecule has 0 saturated heterocycles. The standard InChI is InChI=1S/C21H32O3/c1-12(22)15-4-5-16-14-11-19(24)18-10-13(23)6-8-21(18,3)17(14)7-9-20(15,16)2/h7,13-16,18-19,23-24H,4-6,8-11H2,1-3H3/t13-,14-,15+,16-,18+,19-,20+,21+/m0/s1. The van der Waals surface area contributed by atoms with Gasteiger partial charge in [-0.15, -0.1) is 0 Å². The van der Waals surface area contributed by atoms with Crippen LogP contribution in [0.1, 0.15) is 65.7 Å². The van der Waals surface area contributed by atoms with Crippen LogP contribution >= 0.6 is 0 Å². The van der Waals surface area contributed by atoms with Crippen molar-refractivity contribution in [3.05, 3.63) is 11.6 Å². The highest BCUT2D eigenvalue weighted by Gasteiger charge is 2.59. The lowest BCUT2D eigenvalue weighted by Gasteiger charge is -2.58. The van der Waals surface area contributed by atoms with Crippen LogP contribution in [-0.4, -0.2) is 28.2 Å². The van der Waals surface area contributed by atoms with E-state index in [1.54, 1.807) is 12.5 Å². The van der Waals surface area contributed by atoms with Gasteiger partial charge in [0, 0.05) is 5.92 Å². The highest BCUT2D eigenvalue weighted by atomic mass is 16.3. The first kappa shape index (κ1) is 16.8. The summed E-state index contributed by atoms with van der Waals surface area (Å²) in [5.74, 6) is 1.69. The van der Waals surface area contributed by atoms with Crippen molar-refractivity contribution in [1.82, 2.24) is 0 Å². The average Bonchev–Trinajstić information content (AvgIpc) is 2.87. The summed E-state index contributed by atoms with van der Waals surface area (Å²) in [6.45, 7) is 6.40. The van der Waals surface area contributed by atoms with E-state index in [-0.39, 0.29) is 34.9 Å². The van der Waals surface area contributed by atoms with E-state index in [2.05, 4.69) is 19.9 Å². The number of aliphatic hydroxyl groups is 2. The molecule has 0 amide bonds. The van der Waals surface area contributed by atoms with Gasteiger partial charge in [-0.3, -0.25) is 4.79 Å². The molecule has 4 aliphatic rings. The largest absolute Gasteiger partial charge is 0.393 e. The first-order valence-electron chi connectivity index (χ1n) is 9.84. The summed E-state index contributed by atoms with van der Waals surface area (Å²) in [5.41, 5.74) is 1.67. The molecule has 4 rings (SSSR count). The summed E-state index contributed by atoms with van der Waals surface area (Å²) in [5, 5.41) is 21.0. The van der Waals surface area contributed by atoms with Gasteiger partial charge >= 0.3 is 0 Å². The molecule has 3 fully saturated rings. The molecule has 2 N–H and O–H groups in total. The van der Waals surface area contributed by atoms with Crippen LogP contribution in [0.15, 0.2) is 11.6 Å². The lowest BCUT2D eigenvalue weighted by Crippen LogP contribution is -2.53. The van der Waals surface area contributed by atoms with Gasteiger partial charge in [-0.05, 0) is 80.5 Å². The molecule has 4 aliphatic carbocycles. The third-order valence-electron chi connectivity index (χ3n) is 8.51. The zero-order valence-corrected chi connectivity index (χ0v) is 15.3. The van der Waals surface area contributed by atoms with Gasteiger partial charge in [-0.1, -0.05) is 25.5 Å². The van der Waals surface area contributed by atoms with Crippen LogP contribution in [0.2, 0.25) is 0 Å². The van der Waals surface area contributed by atoms with Crippen molar-refractivity contribution in [2.24, 2.45) is 34.5 Å². The molecule has 3 heteroatoms. The Labute approximate surface area is 145 Å². The van der Waals surface area contributed by atoms with E-state index < -0.39 is 0 Å². The Morgan fingerprint density at radius 2 is 1.88 bits per heavy atom. The zero-order valence-electron chi connectivity index (χ0n) is 15.3. The number of rotatable bonds is 1. The normalized spacial score (nSPS) is 53.6. The second-order valence-corrected chi connectivity index (χ2v) is 9.58. The number of carbonyl (C=O) groups excluding carboxylic acids is 1. The molecule has 0 bridgehead atoms. The predicted molar refractivity (Wildman–Crippen MR) is 93.3 cm³/mol. The molecule has 8 atom stereocenters. The van der Waals surface area contributed by atoms with Crippen LogP contribution in [0.4, 0.5) is 0 Å². The van der Waals surface area contributed by atoms with Crippen LogP contribution in [0, 0.1) is 34.5 Å². The summed E-state index contributed by atoms with van der Waals surface area (Å²) in [6.07, 6.45) is 8.42. The van der Waals surface area contributed by atoms with Crippen molar-refractivity contribution in [3.8, 4) is 0 Å². The van der Waals surface area contributed by atoms with E-state index in [1.807, 2.05) is 0 Å². The summed E-state index contributed by atoms with van der Waals surface area (Å²) in [6, 6.07) is 0. The Morgan fingerprint density at radius 1 is 1.12 bits per heavy atom. The second-order valence-electron chi connectivity index (χ2n) is 9.58. The molecule has 0 aromatic rings. The number of hydrogen-bond donors (Lipinski definition) is 2. The molecular formula is C21H32O3. The molecule has 3 nitrogen and oxygen atoms in total. The molecule has 134 valence electrons. The third kappa shape index (κ3) is 2.13. The van der Waals surface area contributed by atoms with Crippen molar-refractivity contribution in [3.63, 3.8) is 0 Å². The van der Waals surface area contributed by atoms with Crippen LogP contribution in [-0.2, 0) is 4.79 Å². The number of aliphatic hydroxyl groups excluding tert-OH is 2. The Bertz CT molecular complexity index is 582. The third-order valence-corrected chi connectivity index (χ3v) is 8.51. The molecule has 0 spiro atoms. The van der Waals surface area contributed by atoms with Gasteiger partial charge in [-0.25, -0.2) is 0 Å². The van der Waals surface area contributed by atoms with Crippen molar-refractivity contribution >= 4 is 5.78 Å². The topological polar surface area (TPSA) is 57.5 Å². The van der Waals surface area contributed by atoms with E-state index in [0.29, 0.717) is 17.6 Å². The van der Waals surface area contributed by atoms with Crippen LogP contribution in [0.3, 0.4) is 0 Å². The number of Topliss-reactive ketones (excluding diaryl/α,β-unsaturated/α-hetero) is 1. The van der Waals surface area contributed by atoms with Crippen molar-refractivity contribution in [2.45, 2.75) is 77.9 Å². The van der Waals surface area contributed by atoms with Gasteiger partial charge in [0.2, 0.25) is 0 Å². The molecule has 0 aromatic carbocycles.